The fourth-order valence-corrected chi connectivity index (χ4v) is 4.08. The number of hydrogen-bond acceptors (Lipinski definition) is 2. The first-order chi connectivity index (χ1) is 12.3. The van der Waals surface area contributed by atoms with E-state index in [0.29, 0.717) is 11.7 Å². The van der Waals surface area contributed by atoms with Gasteiger partial charge < -0.3 is 15.2 Å². The summed E-state index contributed by atoms with van der Waals surface area (Å²) in [6, 6.07) is 7.73. The lowest BCUT2D eigenvalue weighted by Gasteiger charge is -2.20. The summed E-state index contributed by atoms with van der Waals surface area (Å²) in [6.45, 7) is 4.75. The van der Waals surface area contributed by atoms with Crippen LogP contribution in [-0.4, -0.2) is 22.3 Å². The monoisotopic (exact) mass is 339 g/mol. The highest BCUT2D eigenvalue weighted by atomic mass is 16.3. The zero-order valence-corrected chi connectivity index (χ0v) is 14.8. The Balaban J connectivity index is 0.000000880. The molecule has 2 aromatic heterocycles. The molecule has 0 bridgehead atoms. The number of aromatic hydroxyl groups is 1. The average molecular weight is 339 g/mol. The lowest BCUT2D eigenvalue weighted by Crippen LogP contribution is -2.39. The first kappa shape index (κ1) is 17.5. The van der Waals surface area contributed by atoms with Gasteiger partial charge in [-0.25, -0.2) is 0 Å². The molecule has 3 N–H and O–H groups in total. The van der Waals surface area contributed by atoms with Crippen molar-refractivity contribution in [2.75, 3.05) is 7.11 Å². The number of aliphatic hydroxyl groups is 1. The molecule has 0 radical (unpaired) electrons. The number of pyridine rings is 1. The molecule has 1 saturated carbocycles. The van der Waals surface area contributed by atoms with E-state index in [9.17, 15) is 5.11 Å². The molecule has 1 aliphatic carbocycles. The number of phenolic OH excluding ortho intramolecular Hbond substituents is 1. The SMILES string of the molecule is C=CC[n+]1ccc2c([nH]c3ccc(O)cc32)c1C1CCCCC1.CO. The van der Waals surface area contributed by atoms with Gasteiger partial charge in [-0.2, -0.15) is 4.57 Å². The second-order valence-electron chi connectivity index (χ2n) is 6.62. The topological polar surface area (TPSA) is 60.1 Å². The van der Waals surface area contributed by atoms with Gasteiger partial charge in [0, 0.05) is 35.4 Å². The molecule has 1 aliphatic rings. The Morgan fingerprint density at radius 3 is 2.64 bits per heavy atom. The molecular weight excluding hydrogens is 312 g/mol. The minimum atomic E-state index is 0.320. The number of phenols is 1. The van der Waals surface area contributed by atoms with Crippen LogP contribution < -0.4 is 4.57 Å². The van der Waals surface area contributed by atoms with Crippen LogP contribution in [0.3, 0.4) is 0 Å². The fraction of sp³-hybridized carbons (Fsp3) is 0.381. The highest BCUT2D eigenvalue weighted by Gasteiger charge is 2.28. The Labute approximate surface area is 148 Å². The summed E-state index contributed by atoms with van der Waals surface area (Å²) in [5.74, 6) is 0.925. The molecule has 132 valence electrons. The van der Waals surface area contributed by atoms with Crippen molar-refractivity contribution in [3.63, 3.8) is 0 Å². The maximum absolute atomic E-state index is 9.83. The molecule has 0 unspecified atom stereocenters. The van der Waals surface area contributed by atoms with Crippen LogP contribution in [0.5, 0.6) is 5.75 Å². The zero-order chi connectivity index (χ0) is 17.8. The van der Waals surface area contributed by atoms with E-state index in [1.807, 2.05) is 18.2 Å². The molecule has 0 atom stereocenters. The van der Waals surface area contributed by atoms with E-state index in [1.165, 1.54) is 48.7 Å². The predicted molar refractivity (Wildman–Crippen MR) is 102 cm³/mol. The maximum Gasteiger partial charge on any atom is 0.209 e. The van der Waals surface area contributed by atoms with Crippen LogP contribution in [0.15, 0.2) is 43.1 Å². The van der Waals surface area contributed by atoms with Crippen molar-refractivity contribution >= 4 is 21.8 Å². The molecule has 0 saturated heterocycles. The predicted octanol–water partition coefficient (Wildman–Crippen LogP) is 4.16. The molecular formula is C21H27N2O2+. The Bertz CT molecular complexity index is 876. The Kier molecular flexibility index (Phi) is 5.39. The molecule has 3 aromatic rings. The van der Waals surface area contributed by atoms with Crippen molar-refractivity contribution in [1.82, 2.24) is 4.98 Å². The quantitative estimate of drug-likeness (QED) is 0.496. The van der Waals surface area contributed by atoms with Crippen molar-refractivity contribution in [2.24, 2.45) is 0 Å². The Morgan fingerprint density at radius 2 is 1.92 bits per heavy atom. The smallest absolute Gasteiger partial charge is 0.209 e. The van der Waals surface area contributed by atoms with E-state index in [1.54, 1.807) is 6.07 Å². The van der Waals surface area contributed by atoms with Crippen LogP contribution in [0.4, 0.5) is 0 Å². The summed E-state index contributed by atoms with van der Waals surface area (Å²) in [5.41, 5.74) is 3.71. The number of fused-ring (bicyclic) bond motifs is 3. The number of H-pyrrole nitrogens is 1. The van der Waals surface area contributed by atoms with Crippen LogP contribution in [0.1, 0.15) is 43.7 Å². The van der Waals surface area contributed by atoms with Gasteiger partial charge in [0.2, 0.25) is 5.69 Å². The molecule has 0 aliphatic heterocycles. The van der Waals surface area contributed by atoms with Gasteiger partial charge in [0.1, 0.15) is 11.3 Å². The van der Waals surface area contributed by atoms with Crippen LogP contribution in [-0.2, 0) is 6.54 Å². The van der Waals surface area contributed by atoms with Crippen LogP contribution in [0.25, 0.3) is 21.8 Å². The Morgan fingerprint density at radius 1 is 1.16 bits per heavy atom. The highest BCUT2D eigenvalue weighted by Crippen LogP contribution is 2.36. The van der Waals surface area contributed by atoms with Crippen LogP contribution in [0.2, 0.25) is 0 Å². The fourth-order valence-electron chi connectivity index (χ4n) is 4.08. The second-order valence-corrected chi connectivity index (χ2v) is 6.62. The third-order valence-electron chi connectivity index (χ3n) is 5.13. The van der Waals surface area contributed by atoms with Crippen molar-refractivity contribution < 1.29 is 14.8 Å². The molecule has 0 amide bonds. The van der Waals surface area contributed by atoms with Crippen LogP contribution >= 0.6 is 0 Å². The largest absolute Gasteiger partial charge is 0.508 e. The summed E-state index contributed by atoms with van der Waals surface area (Å²) >= 11 is 0. The molecule has 4 nitrogen and oxygen atoms in total. The number of nitrogens with one attached hydrogen (secondary N) is 1. The van der Waals surface area contributed by atoms with E-state index in [0.717, 1.165) is 24.6 Å². The molecule has 4 heteroatoms. The molecule has 25 heavy (non-hydrogen) atoms. The van der Waals surface area contributed by atoms with Crippen molar-refractivity contribution in [1.29, 1.82) is 0 Å². The van der Waals surface area contributed by atoms with E-state index in [2.05, 4.69) is 28.4 Å². The summed E-state index contributed by atoms with van der Waals surface area (Å²) in [7, 11) is 1.00. The number of aromatic nitrogens is 2. The average Bonchev–Trinajstić information content (AvgIpc) is 3.02. The summed E-state index contributed by atoms with van der Waals surface area (Å²) in [4.78, 5) is 3.60. The summed E-state index contributed by atoms with van der Waals surface area (Å²) < 4.78 is 2.33. The molecule has 1 fully saturated rings. The first-order valence-electron chi connectivity index (χ1n) is 9.00. The van der Waals surface area contributed by atoms with Gasteiger partial charge in [-0.1, -0.05) is 25.8 Å². The van der Waals surface area contributed by atoms with E-state index in [4.69, 9.17) is 5.11 Å². The van der Waals surface area contributed by atoms with Crippen LogP contribution in [0, 0.1) is 0 Å². The molecule has 0 spiro atoms. The van der Waals surface area contributed by atoms with E-state index in [-0.39, 0.29) is 0 Å². The first-order valence-corrected chi connectivity index (χ1v) is 9.00. The molecule has 2 heterocycles. The minimum absolute atomic E-state index is 0.320. The van der Waals surface area contributed by atoms with Gasteiger partial charge in [0.25, 0.3) is 0 Å². The third-order valence-corrected chi connectivity index (χ3v) is 5.13. The Hall–Kier alpha value is -2.33. The number of nitrogens with zero attached hydrogens (tertiary/aromatic N) is 1. The third kappa shape index (κ3) is 3.27. The van der Waals surface area contributed by atoms with Crippen molar-refractivity contribution in [3.05, 3.63) is 48.8 Å². The van der Waals surface area contributed by atoms with Crippen molar-refractivity contribution in [2.45, 2.75) is 44.6 Å². The second kappa shape index (κ2) is 7.70. The minimum Gasteiger partial charge on any atom is -0.508 e. The number of allylic oxidation sites excluding steroid dienone is 1. The van der Waals surface area contributed by atoms with Gasteiger partial charge in [-0.15, -0.1) is 0 Å². The van der Waals surface area contributed by atoms with Gasteiger partial charge in [-0.05, 0) is 37.1 Å². The lowest BCUT2D eigenvalue weighted by molar-refractivity contribution is -0.694. The van der Waals surface area contributed by atoms with Gasteiger partial charge in [-0.3, -0.25) is 0 Å². The number of aromatic amines is 1. The van der Waals surface area contributed by atoms with E-state index < -0.39 is 0 Å². The summed E-state index contributed by atoms with van der Waals surface area (Å²) in [6.07, 6.45) is 10.6. The number of rotatable bonds is 3. The molecule has 1 aromatic carbocycles. The zero-order valence-electron chi connectivity index (χ0n) is 14.8. The standard InChI is InChI=1S/C20H22N2O.CH4O/c1-2-11-22-12-10-16-17-13-15(23)8-9-18(17)21-19(16)20(22)14-6-4-3-5-7-14;1-2/h2,8-10,12-14,23H,1,3-7,11H2;2H,1H3/p+1. The number of hydrogen-bond donors (Lipinski definition) is 3. The number of aliphatic hydroxyl groups excluding tert-OH is 1. The van der Waals surface area contributed by atoms with Gasteiger partial charge in [0.15, 0.2) is 12.7 Å². The normalized spacial score (nSPS) is 15.1. The molecule has 4 rings (SSSR count). The van der Waals surface area contributed by atoms with Crippen molar-refractivity contribution in [3.8, 4) is 5.75 Å². The lowest BCUT2D eigenvalue weighted by atomic mass is 9.85. The number of benzene rings is 1. The maximum atomic E-state index is 9.83. The highest BCUT2D eigenvalue weighted by molar-refractivity contribution is 6.08. The summed E-state index contributed by atoms with van der Waals surface area (Å²) in [5, 5.41) is 19.1. The van der Waals surface area contributed by atoms with E-state index >= 15 is 0 Å². The van der Waals surface area contributed by atoms with Gasteiger partial charge in [0.05, 0.1) is 0 Å². The van der Waals surface area contributed by atoms with Gasteiger partial charge >= 0.3 is 0 Å².